The van der Waals surface area contributed by atoms with Crippen LogP contribution in [0.1, 0.15) is 0 Å². The summed E-state index contributed by atoms with van der Waals surface area (Å²) < 4.78 is 28.7. The van der Waals surface area contributed by atoms with Crippen LogP contribution in [0.4, 0.5) is 8.78 Å². The Morgan fingerprint density at radius 3 is 2.35 bits per heavy atom. The van der Waals surface area contributed by atoms with E-state index in [4.69, 9.17) is 11.6 Å². The van der Waals surface area contributed by atoms with Crippen LogP contribution < -0.4 is 0 Å². The van der Waals surface area contributed by atoms with Crippen LogP contribution in [-0.4, -0.2) is 20.0 Å². The van der Waals surface area contributed by atoms with Crippen molar-refractivity contribution in [1.29, 1.82) is 0 Å². The fourth-order valence-electron chi connectivity index (χ4n) is 2.78. The average molecular weight is 373 g/mol. The molecule has 0 aliphatic rings. The van der Waals surface area contributed by atoms with Gasteiger partial charge in [-0.05, 0) is 35.4 Å². The third-order valence-electron chi connectivity index (χ3n) is 4.09. The molecule has 0 bridgehead atoms. The first-order valence-corrected chi connectivity index (χ1v) is 7.97. The Kier molecular flexibility index (Phi) is 3.77. The molecule has 0 unspecified atom stereocenters. The molecule has 0 aliphatic carbocycles. The molecule has 1 aromatic heterocycles. The highest BCUT2D eigenvalue weighted by atomic mass is 35.5. The molecule has 0 atom stereocenters. The monoisotopic (exact) mass is 372 g/mol. The van der Waals surface area contributed by atoms with E-state index in [2.05, 4.69) is 5.10 Å². The molecule has 0 radical (unpaired) electrons. The molecule has 0 fully saturated rings. The van der Waals surface area contributed by atoms with Crippen LogP contribution in [0.5, 0.6) is 11.5 Å². The molecule has 0 aliphatic heterocycles. The summed E-state index contributed by atoms with van der Waals surface area (Å²) in [5.41, 5.74) is 2.16. The van der Waals surface area contributed by atoms with Gasteiger partial charge in [0.2, 0.25) is 0 Å². The third-order valence-corrected chi connectivity index (χ3v) is 4.40. The molecular formula is C19H11ClF2N2O2. The van der Waals surface area contributed by atoms with Gasteiger partial charge in [0.05, 0.1) is 16.7 Å². The lowest BCUT2D eigenvalue weighted by Gasteiger charge is -2.08. The highest BCUT2D eigenvalue weighted by Gasteiger charge is 2.14. The van der Waals surface area contributed by atoms with Crippen molar-refractivity contribution < 1.29 is 19.0 Å². The van der Waals surface area contributed by atoms with E-state index >= 15 is 0 Å². The van der Waals surface area contributed by atoms with Crippen molar-refractivity contribution in [3.8, 4) is 28.3 Å². The molecular weight excluding hydrogens is 362 g/mol. The van der Waals surface area contributed by atoms with E-state index in [1.165, 1.54) is 10.7 Å². The van der Waals surface area contributed by atoms with E-state index < -0.39 is 17.4 Å². The summed E-state index contributed by atoms with van der Waals surface area (Å²) >= 11 is 5.95. The molecule has 4 nitrogen and oxygen atoms in total. The average Bonchev–Trinajstić information content (AvgIpc) is 3.03. The van der Waals surface area contributed by atoms with Gasteiger partial charge in [0.15, 0.2) is 17.4 Å². The van der Waals surface area contributed by atoms with Gasteiger partial charge in [0.1, 0.15) is 11.4 Å². The van der Waals surface area contributed by atoms with E-state index in [1.54, 1.807) is 30.5 Å². The topological polar surface area (TPSA) is 58.3 Å². The van der Waals surface area contributed by atoms with E-state index in [1.807, 2.05) is 6.07 Å². The molecule has 0 saturated carbocycles. The number of hydrogen-bond donors (Lipinski definition) is 2. The number of benzene rings is 3. The van der Waals surface area contributed by atoms with Crippen molar-refractivity contribution in [2.24, 2.45) is 0 Å². The molecule has 0 saturated heterocycles. The molecule has 0 spiro atoms. The van der Waals surface area contributed by atoms with Crippen LogP contribution in [0, 0.1) is 11.6 Å². The van der Waals surface area contributed by atoms with Gasteiger partial charge in [0, 0.05) is 17.5 Å². The Labute approximate surface area is 151 Å². The van der Waals surface area contributed by atoms with Crippen LogP contribution in [0.3, 0.4) is 0 Å². The number of phenolic OH excluding ortho intramolecular Hbond substituents is 2. The first kappa shape index (κ1) is 16.4. The van der Waals surface area contributed by atoms with Gasteiger partial charge in [-0.1, -0.05) is 23.7 Å². The number of hydrogen-bond acceptors (Lipinski definition) is 3. The second-order valence-electron chi connectivity index (χ2n) is 5.75. The Balaban J connectivity index is 1.83. The van der Waals surface area contributed by atoms with Crippen molar-refractivity contribution in [3.05, 3.63) is 71.4 Å². The van der Waals surface area contributed by atoms with Gasteiger partial charge in [-0.3, -0.25) is 0 Å². The van der Waals surface area contributed by atoms with Crippen LogP contribution >= 0.6 is 11.6 Å². The number of rotatable bonds is 2. The van der Waals surface area contributed by atoms with Crippen LogP contribution in [-0.2, 0) is 0 Å². The minimum atomic E-state index is -1.03. The normalized spacial score (nSPS) is 11.2. The molecule has 130 valence electrons. The van der Waals surface area contributed by atoms with Gasteiger partial charge in [-0.15, -0.1) is 0 Å². The summed E-state index contributed by atoms with van der Waals surface area (Å²) in [6.45, 7) is 0. The maximum absolute atomic E-state index is 14.1. The summed E-state index contributed by atoms with van der Waals surface area (Å²) in [6, 6.07) is 11.8. The van der Waals surface area contributed by atoms with Gasteiger partial charge in [-0.25, -0.2) is 13.5 Å². The zero-order chi connectivity index (χ0) is 18.4. The Hall–Kier alpha value is -3.12. The predicted molar refractivity (Wildman–Crippen MR) is 94.8 cm³/mol. The Morgan fingerprint density at radius 2 is 1.58 bits per heavy atom. The summed E-state index contributed by atoms with van der Waals surface area (Å²) in [5, 5.41) is 24.1. The molecule has 26 heavy (non-hydrogen) atoms. The quantitative estimate of drug-likeness (QED) is 0.518. The summed E-state index contributed by atoms with van der Waals surface area (Å²) in [5.74, 6) is -2.52. The molecule has 2 N–H and O–H groups in total. The van der Waals surface area contributed by atoms with Crippen molar-refractivity contribution in [2.75, 3.05) is 0 Å². The highest BCUT2D eigenvalue weighted by Crippen LogP contribution is 2.32. The fraction of sp³-hybridized carbons (Fsp3) is 0. The molecule has 4 aromatic rings. The van der Waals surface area contributed by atoms with Crippen molar-refractivity contribution in [1.82, 2.24) is 9.78 Å². The van der Waals surface area contributed by atoms with E-state index in [9.17, 15) is 19.0 Å². The van der Waals surface area contributed by atoms with E-state index in [-0.39, 0.29) is 16.5 Å². The van der Waals surface area contributed by atoms with E-state index in [0.29, 0.717) is 11.6 Å². The SMILES string of the molecule is Oc1cc(-n2ncc3cc(-c4ccc(O)c(Cl)c4)ccc32)c(F)cc1F. The largest absolute Gasteiger partial charge is 0.506 e. The highest BCUT2D eigenvalue weighted by molar-refractivity contribution is 6.32. The molecule has 7 heteroatoms. The van der Waals surface area contributed by atoms with Crippen LogP contribution in [0.25, 0.3) is 27.7 Å². The van der Waals surface area contributed by atoms with Crippen LogP contribution in [0.2, 0.25) is 5.02 Å². The zero-order valence-electron chi connectivity index (χ0n) is 13.1. The zero-order valence-corrected chi connectivity index (χ0v) is 13.9. The van der Waals surface area contributed by atoms with Gasteiger partial charge in [-0.2, -0.15) is 5.10 Å². The molecule has 4 rings (SSSR count). The standard InChI is InChI=1S/C19H11ClF2N2O2/c20-13-6-11(2-4-18(13)25)10-1-3-16-12(5-10)9-23-24(16)17-8-19(26)15(22)7-14(17)21/h1-9,25-26H. The van der Waals surface area contributed by atoms with Crippen LogP contribution in [0.15, 0.2) is 54.7 Å². The smallest absolute Gasteiger partial charge is 0.167 e. The Morgan fingerprint density at radius 1 is 0.846 bits per heavy atom. The van der Waals surface area contributed by atoms with Gasteiger partial charge >= 0.3 is 0 Å². The summed E-state index contributed by atoms with van der Waals surface area (Å²) in [4.78, 5) is 0. The molecule has 1 heterocycles. The summed E-state index contributed by atoms with van der Waals surface area (Å²) in [6.07, 6.45) is 1.54. The number of aromatic nitrogens is 2. The third kappa shape index (κ3) is 2.64. The minimum absolute atomic E-state index is 0.00379. The first-order valence-electron chi connectivity index (χ1n) is 7.59. The lowest BCUT2D eigenvalue weighted by atomic mass is 10.0. The number of phenols is 2. The fourth-order valence-corrected chi connectivity index (χ4v) is 2.96. The Bertz CT molecular complexity index is 1160. The van der Waals surface area contributed by atoms with Crippen molar-refractivity contribution in [2.45, 2.75) is 0 Å². The number of nitrogens with zero attached hydrogens (tertiary/aromatic N) is 2. The first-order chi connectivity index (χ1) is 12.4. The maximum Gasteiger partial charge on any atom is 0.167 e. The number of halogens is 3. The van der Waals surface area contributed by atoms with E-state index in [0.717, 1.165) is 22.6 Å². The second kappa shape index (κ2) is 6.00. The number of fused-ring (bicyclic) bond motifs is 1. The minimum Gasteiger partial charge on any atom is -0.506 e. The lowest BCUT2D eigenvalue weighted by Crippen LogP contribution is -2.00. The summed E-state index contributed by atoms with van der Waals surface area (Å²) in [7, 11) is 0. The van der Waals surface area contributed by atoms with Crippen molar-refractivity contribution in [3.63, 3.8) is 0 Å². The number of aromatic hydroxyl groups is 2. The predicted octanol–water partition coefficient (Wildman–Crippen LogP) is 5.04. The van der Waals surface area contributed by atoms with Gasteiger partial charge in [0.25, 0.3) is 0 Å². The van der Waals surface area contributed by atoms with Gasteiger partial charge < -0.3 is 10.2 Å². The lowest BCUT2D eigenvalue weighted by molar-refractivity contribution is 0.427. The molecule has 0 amide bonds. The maximum atomic E-state index is 14.1. The van der Waals surface area contributed by atoms with Crippen molar-refractivity contribution >= 4 is 22.5 Å². The molecule has 3 aromatic carbocycles. The second-order valence-corrected chi connectivity index (χ2v) is 6.16.